The molecule has 2 nitrogen and oxygen atoms in total. The fourth-order valence-corrected chi connectivity index (χ4v) is 2.18. The number of rotatable bonds is 4. The quantitative estimate of drug-likeness (QED) is 0.891. The summed E-state index contributed by atoms with van der Waals surface area (Å²) < 4.78 is 5.35. The standard InChI is InChI=1S/C16H19NO/c1-12-6-5-7-13(10-12)11-15(17)14-8-3-4-9-16(14)18-2/h3-10,15H,11,17H2,1-2H3. The van der Waals surface area contributed by atoms with E-state index < -0.39 is 0 Å². The van der Waals surface area contributed by atoms with Gasteiger partial charge in [0.1, 0.15) is 5.75 Å². The van der Waals surface area contributed by atoms with E-state index in [-0.39, 0.29) is 6.04 Å². The number of para-hydroxylation sites is 1. The van der Waals surface area contributed by atoms with E-state index in [1.165, 1.54) is 11.1 Å². The first-order chi connectivity index (χ1) is 8.70. The van der Waals surface area contributed by atoms with Gasteiger partial charge in [-0.2, -0.15) is 0 Å². The van der Waals surface area contributed by atoms with Gasteiger partial charge < -0.3 is 10.5 Å². The first-order valence-corrected chi connectivity index (χ1v) is 6.14. The second-order valence-electron chi connectivity index (χ2n) is 4.54. The molecule has 0 spiro atoms. The Labute approximate surface area is 108 Å². The zero-order chi connectivity index (χ0) is 13.0. The third kappa shape index (κ3) is 2.90. The maximum Gasteiger partial charge on any atom is 0.123 e. The summed E-state index contributed by atoms with van der Waals surface area (Å²) in [6.45, 7) is 2.10. The Balaban J connectivity index is 2.19. The zero-order valence-electron chi connectivity index (χ0n) is 10.9. The molecular formula is C16H19NO. The van der Waals surface area contributed by atoms with E-state index in [9.17, 15) is 0 Å². The Morgan fingerprint density at radius 3 is 2.61 bits per heavy atom. The van der Waals surface area contributed by atoms with Crippen LogP contribution in [0.5, 0.6) is 5.75 Å². The number of hydrogen-bond acceptors (Lipinski definition) is 2. The van der Waals surface area contributed by atoms with E-state index in [4.69, 9.17) is 10.5 Å². The first-order valence-electron chi connectivity index (χ1n) is 6.14. The van der Waals surface area contributed by atoms with Crippen molar-refractivity contribution in [3.8, 4) is 5.75 Å². The maximum atomic E-state index is 6.27. The van der Waals surface area contributed by atoms with Crippen molar-refractivity contribution in [3.05, 3.63) is 65.2 Å². The Morgan fingerprint density at radius 1 is 1.11 bits per heavy atom. The van der Waals surface area contributed by atoms with Crippen LogP contribution in [0, 0.1) is 6.92 Å². The van der Waals surface area contributed by atoms with E-state index in [0.717, 1.165) is 17.7 Å². The summed E-state index contributed by atoms with van der Waals surface area (Å²) in [7, 11) is 1.68. The van der Waals surface area contributed by atoms with Crippen LogP contribution >= 0.6 is 0 Å². The summed E-state index contributed by atoms with van der Waals surface area (Å²) in [5.41, 5.74) is 9.85. The van der Waals surface area contributed by atoms with E-state index in [1.807, 2.05) is 24.3 Å². The Bertz CT molecular complexity index is 522. The number of ether oxygens (including phenoxy) is 1. The molecule has 0 fully saturated rings. The lowest BCUT2D eigenvalue weighted by atomic mass is 9.98. The van der Waals surface area contributed by atoms with Crippen molar-refractivity contribution in [2.24, 2.45) is 5.73 Å². The van der Waals surface area contributed by atoms with Crippen molar-refractivity contribution >= 4 is 0 Å². The summed E-state index contributed by atoms with van der Waals surface area (Å²) >= 11 is 0. The average Bonchev–Trinajstić information content (AvgIpc) is 2.38. The molecule has 1 atom stereocenters. The second kappa shape index (κ2) is 5.69. The number of aryl methyl sites for hydroxylation is 1. The maximum absolute atomic E-state index is 6.27. The highest BCUT2D eigenvalue weighted by atomic mass is 16.5. The zero-order valence-corrected chi connectivity index (χ0v) is 10.9. The largest absolute Gasteiger partial charge is 0.496 e. The third-order valence-corrected chi connectivity index (χ3v) is 3.08. The molecule has 0 amide bonds. The smallest absolute Gasteiger partial charge is 0.123 e. The van der Waals surface area contributed by atoms with Gasteiger partial charge in [-0.1, -0.05) is 48.0 Å². The molecule has 0 aromatic heterocycles. The van der Waals surface area contributed by atoms with Crippen LogP contribution in [0.3, 0.4) is 0 Å². The molecule has 0 saturated heterocycles. The molecule has 0 saturated carbocycles. The molecule has 0 aliphatic carbocycles. The van der Waals surface area contributed by atoms with E-state index in [1.54, 1.807) is 7.11 Å². The molecule has 18 heavy (non-hydrogen) atoms. The monoisotopic (exact) mass is 241 g/mol. The predicted octanol–water partition coefficient (Wildman–Crippen LogP) is 3.25. The lowest BCUT2D eigenvalue weighted by molar-refractivity contribution is 0.405. The Hall–Kier alpha value is -1.80. The number of nitrogens with two attached hydrogens (primary N) is 1. The van der Waals surface area contributed by atoms with Crippen molar-refractivity contribution < 1.29 is 4.74 Å². The summed E-state index contributed by atoms with van der Waals surface area (Å²) in [6, 6.07) is 16.3. The van der Waals surface area contributed by atoms with E-state index >= 15 is 0 Å². The normalized spacial score (nSPS) is 12.2. The fraction of sp³-hybridized carbons (Fsp3) is 0.250. The van der Waals surface area contributed by atoms with E-state index in [2.05, 4.69) is 31.2 Å². The Morgan fingerprint density at radius 2 is 1.89 bits per heavy atom. The molecule has 0 aliphatic heterocycles. The first kappa shape index (κ1) is 12.7. The van der Waals surface area contributed by atoms with Crippen molar-refractivity contribution in [2.45, 2.75) is 19.4 Å². The molecule has 0 aliphatic rings. The molecule has 2 aromatic rings. The minimum atomic E-state index is -0.0389. The lowest BCUT2D eigenvalue weighted by Crippen LogP contribution is -2.14. The SMILES string of the molecule is COc1ccccc1C(N)Cc1cccc(C)c1. The van der Waals surface area contributed by atoms with Crippen LogP contribution in [-0.2, 0) is 6.42 Å². The third-order valence-electron chi connectivity index (χ3n) is 3.08. The summed E-state index contributed by atoms with van der Waals surface area (Å²) in [5.74, 6) is 0.859. The van der Waals surface area contributed by atoms with Gasteiger partial charge in [0.05, 0.1) is 7.11 Å². The van der Waals surface area contributed by atoms with Crippen LogP contribution in [0.25, 0.3) is 0 Å². The highest BCUT2D eigenvalue weighted by Crippen LogP contribution is 2.25. The highest BCUT2D eigenvalue weighted by Gasteiger charge is 2.11. The average molecular weight is 241 g/mol. The Kier molecular flexibility index (Phi) is 4.00. The molecule has 0 bridgehead atoms. The van der Waals surface area contributed by atoms with E-state index in [0.29, 0.717) is 0 Å². The molecule has 0 radical (unpaired) electrons. The number of benzene rings is 2. The van der Waals surface area contributed by atoms with Gasteiger partial charge in [0, 0.05) is 11.6 Å². The molecule has 2 rings (SSSR count). The predicted molar refractivity (Wildman–Crippen MR) is 74.8 cm³/mol. The topological polar surface area (TPSA) is 35.2 Å². The van der Waals surface area contributed by atoms with Gasteiger partial charge in [0.2, 0.25) is 0 Å². The molecule has 94 valence electrons. The summed E-state index contributed by atoms with van der Waals surface area (Å²) in [5, 5.41) is 0. The minimum absolute atomic E-state index is 0.0389. The lowest BCUT2D eigenvalue weighted by Gasteiger charge is -2.15. The van der Waals surface area contributed by atoms with Gasteiger partial charge in [-0.3, -0.25) is 0 Å². The molecular weight excluding hydrogens is 222 g/mol. The van der Waals surface area contributed by atoms with Crippen molar-refractivity contribution in [1.29, 1.82) is 0 Å². The van der Waals surface area contributed by atoms with Crippen LogP contribution in [0.2, 0.25) is 0 Å². The van der Waals surface area contributed by atoms with Crippen LogP contribution < -0.4 is 10.5 Å². The van der Waals surface area contributed by atoms with Crippen LogP contribution in [0.15, 0.2) is 48.5 Å². The molecule has 0 heterocycles. The van der Waals surface area contributed by atoms with Gasteiger partial charge >= 0.3 is 0 Å². The van der Waals surface area contributed by atoms with Crippen LogP contribution in [0.4, 0.5) is 0 Å². The molecule has 2 N–H and O–H groups in total. The summed E-state index contributed by atoms with van der Waals surface area (Å²) in [4.78, 5) is 0. The number of hydrogen-bond donors (Lipinski definition) is 1. The molecule has 1 unspecified atom stereocenters. The molecule has 2 aromatic carbocycles. The van der Waals surface area contributed by atoms with Crippen molar-refractivity contribution in [3.63, 3.8) is 0 Å². The van der Waals surface area contributed by atoms with Gasteiger partial charge in [-0.05, 0) is 25.0 Å². The van der Waals surface area contributed by atoms with Crippen molar-refractivity contribution in [2.75, 3.05) is 7.11 Å². The minimum Gasteiger partial charge on any atom is -0.496 e. The summed E-state index contributed by atoms with van der Waals surface area (Å²) in [6.07, 6.45) is 0.821. The fourth-order valence-electron chi connectivity index (χ4n) is 2.18. The van der Waals surface area contributed by atoms with Gasteiger partial charge in [-0.15, -0.1) is 0 Å². The number of methoxy groups -OCH3 is 1. The van der Waals surface area contributed by atoms with Gasteiger partial charge in [-0.25, -0.2) is 0 Å². The van der Waals surface area contributed by atoms with Crippen LogP contribution in [0.1, 0.15) is 22.7 Å². The van der Waals surface area contributed by atoms with Crippen molar-refractivity contribution in [1.82, 2.24) is 0 Å². The van der Waals surface area contributed by atoms with Gasteiger partial charge in [0.25, 0.3) is 0 Å². The van der Waals surface area contributed by atoms with Gasteiger partial charge in [0.15, 0.2) is 0 Å². The second-order valence-corrected chi connectivity index (χ2v) is 4.54. The highest BCUT2D eigenvalue weighted by molar-refractivity contribution is 5.37. The molecule has 2 heteroatoms. The van der Waals surface area contributed by atoms with Crippen LogP contribution in [-0.4, -0.2) is 7.11 Å².